The van der Waals surface area contributed by atoms with E-state index in [0.717, 1.165) is 0 Å². The summed E-state index contributed by atoms with van der Waals surface area (Å²) in [6, 6.07) is 6.72. The first-order valence-electron chi connectivity index (χ1n) is 6.08. The van der Waals surface area contributed by atoms with Gasteiger partial charge < -0.3 is 5.11 Å². The summed E-state index contributed by atoms with van der Waals surface area (Å²) in [5, 5.41) is 9.95. The summed E-state index contributed by atoms with van der Waals surface area (Å²) < 4.78 is 22.8. The van der Waals surface area contributed by atoms with Crippen molar-refractivity contribution in [3.8, 4) is 0 Å². The molecule has 0 radical (unpaired) electrons. The predicted octanol–water partition coefficient (Wildman–Crippen LogP) is 2.33. The van der Waals surface area contributed by atoms with Crippen molar-refractivity contribution in [2.45, 2.75) is 18.8 Å². The molecule has 19 heavy (non-hydrogen) atoms. The number of rotatable bonds is 3. The van der Waals surface area contributed by atoms with Crippen LogP contribution in [0.4, 0.5) is 0 Å². The van der Waals surface area contributed by atoms with Crippen LogP contribution < -0.4 is 0 Å². The molecule has 4 nitrogen and oxygen atoms in total. The first-order valence-corrected chi connectivity index (χ1v) is 8.28. The molecule has 1 heterocycles. The smallest absolute Gasteiger partial charge is 0.311 e. The van der Waals surface area contributed by atoms with E-state index in [4.69, 9.17) is 11.6 Å². The highest BCUT2D eigenvalue weighted by Crippen LogP contribution is 2.34. The number of halogens is 1. The van der Waals surface area contributed by atoms with E-state index in [1.165, 1.54) is 0 Å². The summed E-state index contributed by atoms with van der Waals surface area (Å²) in [5.41, 5.74) is 0.682. The molecule has 0 spiro atoms. The maximum Gasteiger partial charge on any atom is 0.311 e. The maximum atomic E-state index is 11.5. The quantitative estimate of drug-likeness (QED) is 0.930. The molecule has 1 fully saturated rings. The molecular weight excluding hydrogens is 288 g/mol. The Morgan fingerprint density at radius 3 is 2.21 bits per heavy atom. The van der Waals surface area contributed by atoms with Crippen molar-refractivity contribution in [2.24, 2.45) is 5.92 Å². The van der Waals surface area contributed by atoms with Gasteiger partial charge in [0.15, 0.2) is 0 Å². The number of carboxylic acids is 1. The summed E-state index contributed by atoms with van der Waals surface area (Å²) in [5.74, 6) is -1.55. The zero-order valence-corrected chi connectivity index (χ0v) is 11.8. The van der Waals surface area contributed by atoms with Crippen molar-refractivity contribution in [3.63, 3.8) is 0 Å². The van der Waals surface area contributed by atoms with Crippen molar-refractivity contribution in [1.29, 1.82) is 0 Å². The molecule has 0 bridgehead atoms. The Labute approximate surface area is 117 Å². The summed E-state index contributed by atoms with van der Waals surface area (Å²) in [4.78, 5) is 11.5. The molecule has 0 amide bonds. The van der Waals surface area contributed by atoms with E-state index in [-0.39, 0.29) is 17.4 Å². The van der Waals surface area contributed by atoms with Crippen LogP contribution in [0.2, 0.25) is 5.02 Å². The van der Waals surface area contributed by atoms with Gasteiger partial charge in [-0.15, -0.1) is 0 Å². The van der Waals surface area contributed by atoms with Crippen molar-refractivity contribution in [3.05, 3.63) is 34.9 Å². The van der Waals surface area contributed by atoms with Gasteiger partial charge in [-0.3, -0.25) is 4.79 Å². The van der Waals surface area contributed by atoms with Gasteiger partial charge in [0.1, 0.15) is 9.84 Å². The highest BCUT2D eigenvalue weighted by Gasteiger charge is 2.34. The number of carboxylic acid groups (broad SMARTS) is 1. The highest BCUT2D eigenvalue weighted by molar-refractivity contribution is 7.91. The number of carbonyl (C=O) groups is 1. The molecule has 1 aliphatic rings. The molecule has 1 aromatic rings. The molecule has 1 saturated heterocycles. The third-order valence-electron chi connectivity index (χ3n) is 3.57. The normalized spacial score (nSPS) is 20.9. The Balaban J connectivity index is 2.22. The lowest BCUT2D eigenvalue weighted by Crippen LogP contribution is -2.30. The molecule has 0 aliphatic carbocycles. The Morgan fingerprint density at radius 2 is 1.74 bits per heavy atom. The van der Waals surface area contributed by atoms with Crippen LogP contribution in [0.25, 0.3) is 0 Å². The van der Waals surface area contributed by atoms with Crippen LogP contribution in [0.15, 0.2) is 24.3 Å². The largest absolute Gasteiger partial charge is 0.481 e. The average Bonchev–Trinajstić information content (AvgIpc) is 2.33. The lowest BCUT2D eigenvalue weighted by Gasteiger charge is -2.27. The van der Waals surface area contributed by atoms with Crippen molar-refractivity contribution < 1.29 is 18.3 Å². The minimum Gasteiger partial charge on any atom is -0.481 e. The van der Waals surface area contributed by atoms with Crippen LogP contribution in [0.5, 0.6) is 0 Å². The molecule has 0 aromatic heterocycles. The van der Waals surface area contributed by atoms with Gasteiger partial charge in [0.25, 0.3) is 0 Å². The fourth-order valence-corrected chi connectivity index (χ4v) is 4.18. The summed E-state index contributed by atoms with van der Waals surface area (Å²) in [6.07, 6.45) is 0.809. The fraction of sp³-hybridized carbons (Fsp3) is 0.462. The summed E-state index contributed by atoms with van der Waals surface area (Å²) >= 11 is 5.79. The first-order chi connectivity index (χ1) is 8.89. The summed E-state index contributed by atoms with van der Waals surface area (Å²) in [7, 11) is -2.98. The monoisotopic (exact) mass is 302 g/mol. The van der Waals surface area contributed by atoms with Crippen molar-refractivity contribution in [1.82, 2.24) is 0 Å². The van der Waals surface area contributed by atoms with Crippen LogP contribution in [0.3, 0.4) is 0 Å². The molecule has 6 heteroatoms. The number of benzene rings is 1. The molecule has 1 atom stereocenters. The van der Waals surface area contributed by atoms with E-state index in [0.29, 0.717) is 23.4 Å². The standard InChI is InChI=1S/C13H15ClO4S/c14-11-3-1-9(2-4-11)12(13(15)16)10-5-7-19(17,18)8-6-10/h1-4,10,12H,5-8H2,(H,15,16). The van der Waals surface area contributed by atoms with Gasteiger partial charge in [-0.2, -0.15) is 0 Å². The topological polar surface area (TPSA) is 71.4 Å². The molecule has 0 saturated carbocycles. The van der Waals surface area contributed by atoms with E-state index < -0.39 is 21.7 Å². The van der Waals surface area contributed by atoms with Gasteiger partial charge in [-0.05, 0) is 36.5 Å². The van der Waals surface area contributed by atoms with Crippen LogP contribution in [0, 0.1) is 5.92 Å². The minimum atomic E-state index is -2.98. The summed E-state index contributed by atoms with van der Waals surface area (Å²) in [6.45, 7) is 0. The maximum absolute atomic E-state index is 11.5. The second kappa shape index (κ2) is 5.51. The lowest BCUT2D eigenvalue weighted by molar-refractivity contribution is -0.140. The van der Waals surface area contributed by atoms with Gasteiger partial charge >= 0.3 is 5.97 Å². The van der Waals surface area contributed by atoms with E-state index in [9.17, 15) is 18.3 Å². The Bertz CT molecular complexity index is 551. The molecular formula is C13H15ClO4S. The SMILES string of the molecule is O=C(O)C(c1ccc(Cl)cc1)C1CCS(=O)(=O)CC1. The van der Waals surface area contributed by atoms with Crippen molar-refractivity contribution in [2.75, 3.05) is 11.5 Å². The van der Waals surface area contributed by atoms with Gasteiger partial charge in [-0.1, -0.05) is 23.7 Å². The Morgan fingerprint density at radius 1 is 1.21 bits per heavy atom. The number of hydrogen-bond donors (Lipinski definition) is 1. The van der Waals surface area contributed by atoms with Crippen LogP contribution in [0.1, 0.15) is 24.3 Å². The van der Waals surface area contributed by atoms with E-state index >= 15 is 0 Å². The van der Waals surface area contributed by atoms with Gasteiger partial charge in [0, 0.05) is 5.02 Å². The molecule has 2 rings (SSSR count). The third kappa shape index (κ3) is 3.48. The van der Waals surface area contributed by atoms with Crippen LogP contribution >= 0.6 is 11.6 Å². The molecule has 104 valence electrons. The van der Waals surface area contributed by atoms with Gasteiger partial charge in [0.2, 0.25) is 0 Å². The molecule has 1 aliphatic heterocycles. The average molecular weight is 303 g/mol. The number of aliphatic carboxylic acids is 1. The van der Waals surface area contributed by atoms with Crippen molar-refractivity contribution >= 4 is 27.4 Å². The van der Waals surface area contributed by atoms with E-state index in [2.05, 4.69) is 0 Å². The second-order valence-corrected chi connectivity index (χ2v) is 7.60. The zero-order valence-electron chi connectivity index (χ0n) is 10.3. The van der Waals surface area contributed by atoms with Gasteiger partial charge in [0.05, 0.1) is 17.4 Å². The molecule has 1 aromatic carbocycles. The predicted molar refractivity (Wildman–Crippen MR) is 73.2 cm³/mol. The molecule has 1 N–H and O–H groups in total. The lowest BCUT2D eigenvalue weighted by atomic mass is 9.82. The third-order valence-corrected chi connectivity index (χ3v) is 5.53. The molecule has 1 unspecified atom stereocenters. The van der Waals surface area contributed by atoms with E-state index in [1.54, 1.807) is 24.3 Å². The van der Waals surface area contributed by atoms with Crippen LogP contribution in [-0.2, 0) is 14.6 Å². The number of hydrogen-bond acceptors (Lipinski definition) is 3. The Hall–Kier alpha value is -1.07. The highest BCUT2D eigenvalue weighted by atomic mass is 35.5. The fourth-order valence-electron chi connectivity index (χ4n) is 2.53. The Kier molecular flexibility index (Phi) is 4.16. The minimum absolute atomic E-state index is 0.0784. The number of sulfone groups is 1. The van der Waals surface area contributed by atoms with Gasteiger partial charge in [-0.25, -0.2) is 8.42 Å². The van der Waals surface area contributed by atoms with Crippen LogP contribution in [-0.4, -0.2) is 31.0 Å². The second-order valence-electron chi connectivity index (χ2n) is 4.86. The van der Waals surface area contributed by atoms with E-state index in [1.807, 2.05) is 0 Å². The zero-order chi connectivity index (χ0) is 14.0. The first kappa shape index (κ1) is 14.3.